The summed E-state index contributed by atoms with van der Waals surface area (Å²) >= 11 is 5.92. The maximum Gasteiger partial charge on any atom is 0.303 e. The van der Waals surface area contributed by atoms with Crippen molar-refractivity contribution < 1.29 is 34.1 Å². The molecule has 1 amide bonds. The molecule has 0 bridgehead atoms. The lowest BCUT2D eigenvalue weighted by molar-refractivity contribution is -0.140. The molecule has 2 N–H and O–H groups in total. The van der Waals surface area contributed by atoms with Gasteiger partial charge in [0.25, 0.3) is 11.7 Å². The number of rotatable bonds is 8. The molecule has 32 heavy (non-hydrogen) atoms. The molecule has 1 heterocycles. The fraction of sp³-hybridized carbons (Fsp3) is 0.261. The number of carboxylic acids is 1. The Morgan fingerprint density at radius 1 is 1.06 bits per heavy atom. The number of ketones is 1. The maximum absolute atomic E-state index is 13.0. The summed E-state index contributed by atoms with van der Waals surface area (Å²) in [6.45, 7) is 0.00806. The molecule has 0 saturated carbocycles. The summed E-state index contributed by atoms with van der Waals surface area (Å²) in [4.78, 5) is 38.1. The summed E-state index contributed by atoms with van der Waals surface area (Å²) in [6.07, 6.45) is -0.0367. The standard InChI is InChI=1S/C23H22ClNO7/c1-31-15-9-10-16(17(12-15)32-2)20-19(21(28)13-5-7-14(24)8-6-13)22(29)23(30)25(20)11-3-4-18(26)27/h5-10,12,20,28H,3-4,11H2,1-2H3,(H,26,27)/b21-19+. The third-order valence-electron chi connectivity index (χ3n) is 5.18. The molecule has 2 aromatic rings. The van der Waals surface area contributed by atoms with Gasteiger partial charge in [0.05, 0.1) is 25.8 Å². The van der Waals surface area contributed by atoms with Crippen LogP contribution in [0.2, 0.25) is 5.02 Å². The highest BCUT2D eigenvalue weighted by Gasteiger charge is 2.46. The number of aliphatic carboxylic acids is 1. The lowest BCUT2D eigenvalue weighted by Gasteiger charge is -2.26. The van der Waals surface area contributed by atoms with Crippen molar-refractivity contribution in [3.05, 3.63) is 64.2 Å². The van der Waals surface area contributed by atoms with E-state index in [-0.39, 0.29) is 30.7 Å². The lowest BCUT2D eigenvalue weighted by Crippen LogP contribution is -2.31. The van der Waals surface area contributed by atoms with Crippen LogP contribution in [0.25, 0.3) is 5.76 Å². The Hall–Kier alpha value is -3.52. The molecule has 0 aliphatic carbocycles. The highest BCUT2D eigenvalue weighted by atomic mass is 35.5. The van der Waals surface area contributed by atoms with Gasteiger partial charge in [-0.15, -0.1) is 0 Å². The first-order valence-electron chi connectivity index (χ1n) is 9.76. The van der Waals surface area contributed by atoms with Crippen molar-refractivity contribution in [1.29, 1.82) is 0 Å². The van der Waals surface area contributed by atoms with Gasteiger partial charge in [0.1, 0.15) is 17.3 Å². The second-order valence-electron chi connectivity index (χ2n) is 7.10. The van der Waals surface area contributed by atoms with Crippen LogP contribution in [-0.4, -0.2) is 53.5 Å². The Balaban J connectivity index is 2.17. The van der Waals surface area contributed by atoms with E-state index >= 15 is 0 Å². The van der Waals surface area contributed by atoms with E-state index in [1.165, 1.54) is 31.3 Å². The average Bonchev–Trinajstić information content (AvgIpc) is 3.03. The fourth-order valence-electron chi connectivity index (χ4n) is 3.64. The van der Waals surface area contributed by atoms with Crippen molar-refractivity contribution >= 4 is 35.0 Å². The number of aliphatic hydroxyl groups is 1. The Labute approximate surface area is 189 Å². The number of hydrogen-bond donors (Lipinski definition) is 2. The van der Waals surface area contributed by atoms with Gasteiger partial charge in [-0.05, 0) is 42.8 Å². The van der Waals surface area contributed by atoms with E-state index in [1.807, 2.05) is 0 Å². The highest BCUT2D eigenvalue weighted by molar-refractivity contribution is 6.46. The number of amides is 1. The van der Waals surface area contributed by atoms with Crippen molar-refractivity contribution in [3.8, 4) is 11.5 Å². The quantitative estimate of drug-likeness (QED) is 0.352. The predicted octanol–water partition coefficient (Wildman–Crippen LogP) is 3.64. The number of aliphatic hydroxyl groups excluding tert-OH is 1. The molecule has 2 aromatic carbocycles. The van der Waals surface area contributed by atoms with E-state index in [1.54, 1.807) is 30.3 Å². The van der Waals surface area contributed by atoms with E-state index in [0.29, 0.717) is 27.6 Å². The van der Waals surface area contributed by atoms with E-state index in [2.05, 4.69) is 0 Å². The molecule has 0 spiro atoms. The third kappa shape index (κ3) is 4.55. The zero-order valence-electron chi connectivity index (χ0n) is 17.5. The Morgan fingerprint density at radius 2 is 1.75 bits per heavy atom. The van der Waals surface area contributed by atoms with Gasteiger partial charge in [0.15, 0.2) is 0 Å². The zero-order valence-corrected chi connectivity index (χ0v) is 18.3. The van der Waals surface area contributed by atoms with Gasteiger partial charge in [-0.25, -0.2) is 0 Å². The molecule has 0 aromatic heterocycles. The average molecular weight is 460 g/mol. The van der Waals surface area contributed by atoms with Gasteiger partial charge < -0.3 is 24.6 Å². The summed E-state index contributed by atoms with van der Waals surface area (Å²) in [5, 5.41) is 20.4. The van der Waals surface area contributed by atoms with Crippen molar-refractivity contribution in [3.63, 3.8) is 0 Å². The van der Waals surface area contributed by atoms with E-state index in [0.717, 1.165) is 0 Å². The molecule has 168 valence electrons. The third-order valence-corrected chi connectivity index (χ3v) is 5.43. The molecule has 1 saturated heterocycles. The minimum atomic E-state index is -1.01. The SMILES string of the molecule is COc1ccc(C2/C(=C(\O)c3ccc(Cl)cc3)C(=O)C(=O)N2CCCC(=O)O)c(OC)c1. The Kier molecular flexibility index (Phi) is 7.05. The number of carboxylic acid groups (broad SMARTS) is 1. The van der Waals surface area contributed by atoms with E-state index < -0.39 is 23.7 Å². The summed E-state index contributed by atoms with van der Waals surface area (Å²) < 4.78 is 10.7. The number of nitrogens with zero attached hydrogens (tertiary/aromatic N) is 1. The van der Waals surface area contributed by atoms with Crippen LogP contribution < -0.4 is 9.47 Å². The molecule has 3 rings (SSSR count). The van der Waals surface area contributed by atoms with Crippen LogP contribution in [-0.2, 0) is 14.4 Å². The van der Waals surface area contributed by atoms with Crippen molar-refractivity contribution in [2.45, 2.75) is 18.9 Å². The number of methoxy groups -OCH3 is 2. The minimum absolute atomic E-state index is 0.00806. The monoisotopic (exact) mass is 459 g/mol. The van der Waals surface area contributed by atoms with Gasteiger partial charge >= 0.3 is 5.97 Å². The number of carbonyl (C=O) groups is 3. The van der Waals surface area contributed by atoms with Crippen LogP contribution in [0.15, 0.2) is 48.0 Å². The summed E-state index contributed by atoms with van der Waals surface area (Å²) in [7, 11) is 2.93. The van der Waals surface area contributed by atoms with Gasteiger partial charge in [0, 0.05) is 35.2 Å². The maximum atomic E-state index is 13.0. The predicted molar refractivity (Wildman–Crippen MR) is 117 cm³/mol. The molecule has 9 heteroatoms. The Bertz CT molecular complexity index is 1080. The zero-order chi connectivity index (χ0) is 23.4. The van der Waals surface area contributed by atoms with Gasteiger partial charge in [-0.1, -0.05) is 11.6 Å². The van der Waals surface area contributed by atoms with E-state index in [4.69, 9.17) is 26.2 Å². The number of Topliss-reactive ketones (excluding diaryl/α,β-unsaturated/α-hetero) is 1. The number of benzene rings is 2. The van der Waals surface area contributed by atoms with Crippen LogP contribution in [0.1, 0.15) is 30.0 Å². The first kappa shape index (κ1) is 23.1. The van der Waals surface area contributed by atoms with Crippen LogP contribution in [0.3, 0.4) is 0 Å². The molecule has 0 radical (unpaired) electrons. The van der Waals surface area contributed by atoms with Gasteiger partial charge in [-0.2, -0.15) is 0 Å². The molecule has 1 aliphatic heterocycles. The number of hydrogen-bond acceptors (Lipinski definition) is 6. The topological polar surface area (TPSA) is 113 Å². The van der Waals surface area contributed by atoms with Crippen LogP contribution >= 0.6 is 11.6 Å². The second-order valence-corrected chi connectivity index (χ2v) is 7.54. The molecule has 8 nitrogen and oxygen atoms in total. The molecule has 1 atom stereocenters. The van der Waals surface area contributed by atoms with Gasteiger partial charge in [-0.3, -0.25) is 14.4 Å². The van der Waals surface area contributed by atoms with Crippen molar-refractivity contribution in [2.75, 3.05) is 20.8 Å². The normalized spacial score (nSPS) is 17.5. The molecular formula is C23H22ClNO7. The summed E-state index contributed by atoms with van der Waals surface area (Å²) in [5.41, 5.74) is 0.657. The number of carbonyl (C=O) groups excluding carboxylic acids is 2. The lowest BCUT2D eigenvalue weighted by atomic mass is 9.94. The highest BCUT2D eigenvalue weighted by Crippen LogP contribution is 2.43. The molecular weight excluding hydrogens is 438 g/mol. The van der Waals surface area contributed by atoms with Crippen molar-refractivity contribution in [1.82, 2.24) is 4.90 Å². The largest absolute Gasteiger partial charge is 0.507 e. The molecule has 1 unspecified atom stereocenters. The number of halogens is 1. The molecule has 1 aliphatic rings. The van der Waals surface area contributed by atoms with Crippen LogP contribution in [0.4, 0.5) is 0 Å². The van der Waals surface area contributed by atoms with Crippen LogP contribution in [0, 0.1) is 0 Å². The summed E-state index contributed by atoms with van der Waals surface area (Å²) in [6, 6.07) is 10.1. The minimum Gasteiger partial charge on any atom is -0.507 e. The first-order valence-corrected chi connectivity index (χ1v) is 10.1. The fourth-order valence-corrected chi connectivity index (χ4v) is 3.77. The number of ether oxygens (including phenoxy) is 2. The second kappa shape index (κ2) is 9.74. The smallest absolute Gasteiger partial charge is 0.303 e. The first-order chi connectivity index (χ1) is 15.3. The number of likely N-dealkylation sites (tertiary alicyclic amines) is 1. The van der Waals surface area contributed by atoms with E-state index in [9.17, 15) is 19.5 Å². The Morgan fingerprint density at radius 3 is 2.34 bits per heavy atom. The molecule has 1 fully saturated rings. The van der Waals surface area contributed by atoms with Gasteiger partial charge in [0.2, 0.25) is 0 Å². The van der Waals surface area contributed by atoms with Crippen LogP contribution in [0.5, 0.6) is 11.5 Å². The van der Waals surface area contributed by atoms with Crippen molar-refractivity contribution in [2.24, 2.45) is 0 Å². The summed E-state index contributed by atoms with van der Waals surface area (Å²) in [5.74, 6) is -2.21.